The maximum absolute atomic E-state index is 9.87. The molecule has 0 bridgehead atoms. The van der Waals surface area contributed by atoms with E-state index < -0.39 is 6.10 Å². The Hall–Kier alpha value is -0.200. The van der Waals surface area contributed by atoms with Crippen molar-refractivity contribution in [1.29, 1.82) is 0 Å². The molecule has 2 N–H and O–H groups in total. The van der Waals surface area contributed by atoms with Crippen LogP contribution in [0.25, 0.3) is 0 Å². The summed E-state index contributed by atoms with van der Waals surface area (Å²) in [6.45, 7) is 11.8. The fraction of sp³-hybridized carbons (Fsp3) is 1.00. The Balaban J connectivity index is 1.97. The highest BCUT2D eigenvalue weighted by Gasteiger charge is 2.14. The summed E-state index contributed by atoms with van der Waals surface area (Å²) in [5.41, 5.74) is 0. The molecular formula is C16H34N2O3. The minimum atomic E-state index is -0.451. The molecular weight excluding hydrogens is 268 g/mol. The molecule has 0 aromatic rings. The summed E-state index contributed by atoms with van der Waals surface area (Å²) in [5.74, 6) is 0. The van der Waals surface area contributed by atoms with E-state index in [0.717, 1.165) is 6.54 Å². The first-order valence-corrected chi connectivity index (χ1v) is 8.41. The van der Waals surface area contributed by atoms with Crippen LogP contribution in [0.2, 0.25) is 0 Å². The molecule has 0 radical (unpaired) electrons. The topological polar surface area (TPSA) is 54.0 Å². The molecule has 2 atom stereocenters. The first-order valence-electron chi connectivity index (χ1n) is 8.41. The van der Waals surface area contributed by atoms with Gasteiger partial charge in [-0.1, -0.05) is 6.42 Å². The number of piperidine rings is 1. The molecule has 5 nitrogen and oxygen atoms in total. The molecule has 21 heavy (non-hydrogen) atoms. The summed E-state index contributed by atoms with van der Waals surface area (Å²) >= 11 is 0. The molecule has 1 fully saturated rings. The van der Waals surface area contributed by atoms with Crippen LogP contribution in [-0.2, 0) is 9.47 Å². The summed E-state index contributed by atoms with van der Waals surface area (Å²) in [6.07, 6.45) is 3.79. The maximum Gasteiger partial charge on any atom is 0.0897 e. The Morgan fingerprint density at radius 1 is 1.10 bits per heavy atom. The third kappa shape index (κ3) is 10.2. The van der Waals surface area contributed by atoms with Crippen LogP contribution >= 0.6 is 0 Å². The lowest BCUT2D eigenvalue weighted by atomic mass is 10.1. The Bertz CT molecular complexity index is 246. The Labute approximate surface area is 130 Å². The molecule has 0 spiro atoms. The third-order valence-electron chi connectivity index (χ3n) is 3.67. The van der Waals surface area contributed by atoms with Crippen LogP contribution in [0, 0.1) is 0 Å². The highest BCUT2D eigenvalue weighted by molar-refractivity contribution is 4.72. The number of aliphatic hydroxyl groups excluding tert-OH is 1. The van der Waals surface area contributed by atoms with Crippen molar-refractivity contribution in [1.82, 2.24) is 10.2 Å². The molecule has 1 aliphatic rings. The van der Waals surface area contributed by atoms with Gasteiger partial charge in [-0.15, -0.1) is 0 Å². The van der Waals surface area contributed by atoms with Gasteiger partial charge in [0, 0.05) is 19.1 Å². The second-order valence-corrected chi connectivity index (χ2v) is 6.32. The molecule has 126 valence electrons. The van der Waals surface area contributed by atoms with Crippen molar-refractivity contribution in [2.75, 3.05) is 46.0 Å². The fourth-order valence-electron chi connectivity index (χ4n) is 2.55. The van der Waals surface area contributed by atoms with Crippen LogP contribution in [0.5, 0.6) is 0 Å². The lowest BCUT2D eigenvalue weighted by molar-refractivity contribution is -0.0106. The first kappa shape index (κ1) is 18.8. The minimum Gasteiger partial charge on any atom is -0.389 e. The molecule has 1 aliphatic heterocycles. The van der Waals surface area contributed by atoms with Gasteiger partial charge < -0.3 is 24.8 Å². The van der Waals surface area contributed by atoms with Crippen molar-refractivity contribution in [3.8, 4) is 0 Å². The number of nitrogens with one attached hydrogen (secondary N) is 1. The molecule has 1 rings (SSSR count). The average Bonchev–Trinajstić information content (AvgIpc) is 2.45. The van der Waals surface area contributed by atoms with Crippen LogP contribution in [0.4, 0.5) is 0 Å². The predicted molar refractivity (Wildman–Crippen MR) is 85.7 cm³/mol. The zero-order chi connectivity index (χ0) is 15.5. The molecule has 1 heterocycles. The highest BCUT2D eigenvalue weighted by Crippen LogP contribution is 2.08. The van der Waals surface area contributed by atoms with E-state index in [4.69, 9.17) is 9.47 Å². The number of hydrogen-bond acceptors (Lipinski definition) is 5. The van der Waals surface area contributed by atoms with Gasteiger partial charge in [-0.2, -0.15) is 0 Å². The van der Waals surface area contributed by atoms with Gasteiger partial charge in [0.15, 0.2) is 0 Å². The third-order valence-corrected chi connectivity index (χ3v) is 3.67. The Morgan fingerprint density at radius 2 is 1.81 bits per heavy atom. The van der Waals surface area contributed by atoms with Gasteiger partial charge in [0.1, 0.15) is 0 Å². The summed E-state index contributed by atoms with van der Waals surface area (Å²) in [4.78, 5) is 2.51. The van der Waals surface area contributed by atoms with Gasteiger partial charge in [0.25, 0.3) is 0 Å². The number of nitrogens with zero attached hydrogens (tertiary/aromatic N) is 1. The van der Waals surface area contributed by atoms with Gasteiger partial charge in [-0.25, -0.2) is 0 Å². The van der Waals surface area contributed by atoms with Crippen LogP contribution < -0.4 is 5.32 Å². The van der Waals surface area contributed by atoms with Crippen molar-refractivity contribution < 1.29 is 14.6 Å². The summed E-state index contributed by atoms with van der Waals surface area (Å²) in [5, 5.41) is 13.3. The summed E-state index contributed by atoms with van der Waals surface area (Å²) in [7, 11) is 0. The molecule has 0 aromatic carbocycles. The van der Waals surface area contributed by atoms with E-state index in [2.05, 4.69) is 17.1 Å². The minimum absolute atomic E-state index is 0.232. The van der Waals surface area contributed by atoms with Gasteiger partial charge in [0.2, 0.25) is 0 Å². The number of rotatable bonds is 11. The second kappa shape index (κ2) is 11.4. The van der Waals surface area contributed by atoms with Crippen molar-refractivity contribution >= 4 is 0 Å². The van der Waals surface area contributed by atoms with Gasteiger partial charge >= 0.3 is 0 Å². The lowest BCUT2D eigenvalue weighted by Crippen LogP contribution is -2.44. The molecule has 0 aliphatic carbocycles. The van der Waals surface area contributed by atoms with E-state index >= 15 is 0 Å². The normalized spacial score (nSPS) is 19.9. The van der Waals surface area contributed by atoms with Crippen molar-refractivity contribution in [2.45, 2.75) is 58.3 Å². The SMILES string of the molecule is CC(CN1CCCCC1)NCC(O)COCCOC(C)C. The number of hydrogen-bond donors (Lipinski definition) is 2. The van der Waals surface area contributed by atoms with Crippen molar-refractivity contribution in [2.24, 2.45) is 0 Å². The predicted octanol–water partition coefficient (Wildman–Crippen LogP) is 1.25. The van der Waals surface area contributed by atoms with E-state index in [-0.39, 0.29) is 6.10 Å². The quantitative estimate of drug-likeness (QED) is 0.563. The van der Waals surface area contributed by atoms with Crippen LogP contribution in [0.1, 0.15) is 40.0 Å². The smallest absolute Gasteiger partial charge is 0.0897 e. The summed E-state index contributed by atoms with van der Waals surface area (Å²) in [6, 6.07) is 0.405. The van der Waals surface area contributed by atoms with Gasteiger partial charge in [-0.05, 0) is 46.7 Å². The number of ether oxygens (including phenoxy) is 2. The Kier molecular flexibility index (Phi) is 10.2. The molecule has 5 heteroatoms. The van der Waals surface area contributed by atoms with Gasteiger partial charge in [-0.3, -0.25) is 0 Å². The monoisotopic (exact) mass is 302 g/mol. The summed E-state index contributed by atoms with van der Waals surface area (Å²) < 4.78 is 10.8. The number of likely N-dealkylation sites (tertiary alicyclic amines) is 1. The molecule has 0 aromatic heterocycles. The lowest BCUT2D eigenvalue weighted by Gasteiger charge is -2.29. The molecule has 2 unspecified atom stereocenters. The first-order chi connectivity index (χ1) is 10.1. The van der Waals surface area contributed by atoms with Crippen LogP contribution in [0.15, 0.2) is 0 Å². The highest BCUT2D eigenvalue weighted by atomic mass is 16.5. The average molecular weight is 302 g/mol. The molecule has 0 amide bonds. The van der Waals surface area contributed by atoms with E-state index in [1.165, 1.54) is 32.4 Å². The zero-order valence-corrected chi connectivity index (χ0v) is 14.0. The molecule has 1 saturated heterocycles. The molecule has 0 saturated carbocycles. The standard InChI is InChI=1S/C16H34N2O3/c1-14(2)21-10-9-20-13-16(19)11-17-15(3)12-18-7-5-4-6-8-18/h14-17,19H,4-13H2,1-3H3. The van der Waals surface area contributed by atoms with Crippen LogP contribution in [-0.4, -0.2) is 74.3 Å². The largest absolute Gasteiger partial charge is 0.389 e. The van der Waals surface area contributed by atoms with Crippen molar-refractivity contribution in [3.63, 3.8) is 0 Å². The van der Waals surface area contributed by atoms with E-state index in [1.807, 2.05) is 13.8 Å². The van der Waals surface area contributed by atoms with E-state index in [0.29, 0.717) is 32.4 Å². The second-order valence-electron chi connectivity index (χ2n) is 6.32. The Morgan fingerprint density at radius 3 is 2.48 bits per heavy atom. The zero-order valence-electron chi connectivity index (χ0n) is 14.0. The van der Waals surface area contributed by atoms with Crippen LogP contribution in [0.3, 0.4) is 0 Å². The van der Waals surface area contributed by atoms with E-state index in [1.54, 1.807) is 0 Å². The maximum atomic E-state index is 9.87. The van der Waals surface area contributed by atoms with Crippen molar-refractivity contribution in [3.05, 3.63) is 0 Å². The fourth-order valence-corrected chi connectivity index (χ4v) is 2.55. The van der Waals surface area contributed by atoms with Gasteiger partial charge in [0.05, 0.1) is 32.0 Å². The van der Waals surface area contributed by atoms with E-state index in [9.17, 15) is 5.11 Å². The number of aliphatic hydroxyl groups is 1.